The van der Waals surface area contributed by atoms with Crippen LogP contribution >= 0.6 is 0 Å². The maximum Gasteiger partial charge on any atom is 0.332 e. The Bertz CT molecular complexity index is 685. The summed E-state index contributed by atoms with van der Waals surface area (Å²) in [6.07, 6.45) is 1.41. The number of amides is 2. The molecule has 0 aliphatic rings. The number of rotatable bonds is 5. The van der Waals surface area contributed by atoms with Crippen molar-refractivity contribution >= 4 is 12.2 Å². The van der Waals surface area contributed by atoms with Crippen LogP contribution in [0.2, 0.25) is 0 Å². The Morgan fingerprint density at radius 2 is 1.95 bits per heavy atom. The van der Waals surface area contributed by atoms with Gasteiger partial charge in [0.15, 0.2) is 0 Å². The zero-order valence-electron chi connectivity index (χ0n) is 11.4. The maximum atomic E-state index is 13.0. The maximum absolute atomic E-state index is 13.0. The zero-order chi connectivity index (χ0) is 15.9. The number of nitrogens with zero attached hydrogens (tertiary/aromatic N) is 1. The lowest BCUT2D eigenvalue weighted by molar-refractivity contribution is 0.249. The van der Waals surface area contributed by atoms with Gasteiger partial charge in [-0.3, -0.25) is 0 Å². The highest BCUT2D eigenvalue weighted by molar-refractivity contribution is 5.81. The van der Waals surface area contributed by atoms with Gasteiger partial charge in [-0.25, -0.2) is 19.0 Å². The third-order valence-corrected chi connectivity index (χ3v) is 2.58. The number of ether oxygens (including phenoxy) is 1. The summed E-state index contributed by atoms with van der Waals surface area (Å²) in [7, 11) is 0. The number of primary amides is 1. The van der Waals surface area contributed by atoms with E-state index in [4.69, 9.17) is 10.5 Å². The van der Waals surface area contributed by atoms with Crippen LogP contribution in [0.25, 0.3) is 0 Å². The van der Waals surface area contributed by atoms with Crippen molar-refractivity contribution in [2.75, 3.05) is 0 Å². The smallest absolute Gasteiger partial charge is 0.332 e. The van der Waals surface area contributed by atoms with Crippen molar-refractivity contribution in [2.45, 2.75) is 6.61 Å². The van der Waals surface area contributed by atoms with E-state index in [2.05, 4.69) is 10.5 Å². The molecular formula is C15H13F2N3O2. The topological polar surface area (TPSA) is 76.7 Å². The largest absolute Gasteiger partial charge is 0.489 e. The molecule has 114 valence electrons. The fourth-order valence-corrected chi connectivity index (χ4v) is 1.71. The summed E-state index contributed by atoms with van der Waals surface area (Å²) in [4.78, 5) is 10.5. The van der Waals surface area contributed by atoms with Crippen LogP contribution in [-0.2, 0) is 6.61 Å². The first-order chi connectivity index (χ1) is 10.5. The lowest BCUT2D eigenvalue weighted by Crippen LogP contribution is -2.24. The molecule has 0 heterocycles. The van der Waals surface area contributed by atoms with Gasteiger partial charge < -0.3 is 10.5 Å². The molecule has 0 saturated carbocycles. The highest BCUT2D eigenvalue weighted by Gasteiger charge is 2.02. The minimum Gasteiger partial charge on any atom is -0.489 e. The van der Waals surface area contributed by atoms with E-state index in [9.17, 15) is 13.6 Å². The number of carbonyl (C=O) groups is 1. The summed E-state index contributed by atoms with van der Waals surface area (Å²) in [5, 5.41) is 3.63. The lowest BCUT2D eigenvalue weighted by Gasteiger charge is -2.07. The van der Waals surface area contributed by atoms with Crippen molar-refractivity contribution in [2.24, 2.45) is 10.8 Å². The van der Waals surface area contributed by atoms with Crippen LogP contribution in [0.4, 0.5) is 13.6 Å². The highest BCUT2D eigenvalue weighted by atomic mass is 19.1. The molecule has 7 heteroatoms. The summed E-state index contributed by atoms with van der Waals surface area (Å²) in [6.45, 7) is 0.133. The Morgan fingerprint density at radius 1 is 1.23 bits per heavy atom. The van der Waals surface area contributed by atoms with E-state index >= 15 is 0 Å². The Labute approximate surface area is 125 Å². The van der Waals surface area contributed by atoms with E-state index in [1.165, 1.54) is 6.21 Å². The second kappa shape index (κ2) is 7.16. The molecule has 0 atom stereocenters. The Hall–Kier alpha value is -2.96. The molecule has 2 aromatic carbocycles. The Morgan fingerprint density at radius 3 is 2.64 bits per heavy atom. The van der Waals surface area contributed by atoms with Crippen LogP contribution < -0.4 is 15.9 Å². The quantitative estimate of drug-likeness (QED) is 0.658. The average molecular weight is 305 g/mol. The average Bonchev–Trinajstić information content (AvgIpc) is 2.44. The summed E-state index contributed by atoms with van der Waals surface area (Å²) in [5.41, 5.74) is 8.44. The van der Waals surface area contributed by atoms with Crippen molar-refractivity contribution in [1.29, 1.82) is 0 Å². The van der Waals surface area contributed by atoms with Gasteiger partial charge in [0.05, 0.1) is 6.21 Å². The minimum atomic E-state index is -0.760. The summed E-state index contributed by atoms with van der Waals surface area (Å²) in [5.74, 6) is -1.30. The fourth-order valence-electron chi connectivity index (χ4n) is 1.71. The van der Waals surface area contributed by atoms with Crippen LogP contribution in [0, 0.1) is 11.6 Å². The molecule has 2 rings (SSSR count). The van der Waals surface area contributed by atoms with Gasteiger partial charge in [0.2, 0.25) is 0 Å². The molecule has 0 bridgehead atoms. The monoisotopic (exact) mass is 305 g/mol. The molecular weight excluding hydrogens is 292 g/mol. The summed E-state index contributed by atoms with van der Waals surface area (Å²) in [6, 6.07) is 9.28. The third kappa shape index (κ3) is 4.86. The van der Waals surface area contributed by atoms with Gasteiger partial charge in [-0.15, -0.1) is 0 Å². The van der Waals surface area contributed by atoms with Crippen LogP contribution in [0.5, 0.6) is 5.75 Å². The van der Waals surface area contributed by atoms with Crippen molar-refractivity contribution in [3.8, 4) is 5.75 Å². The molecule has 0 spiro atoms. The van der Waals surface area contributed by atoms with E-state index in [1.807, 2.05) is 0 Å². The van der Waals surface area contributed by atoms with Crippen LogP contribution in [0.15, 0.2) is 47.6 Å². The van der Waals surface area contributed by atoms with Crippen molar-refractivity contribution in [3.63, 3.8) is 0 Å². The van der Waals surface area contributed by atoms with Crippen molar-refractivity contribution in [1.82, 2.24) is 5.43 Å². The standard InChI is InChI=1S/C15H13F2N3O2/c16-12-5-13(17)7-14(6-12)22-9-11-3-1-2-10(4-11)8-19-20-15(18)21/h1-8H,9H2,(H3,18,20,21). The number of hydrogen-bond donors (Lipinski definition) is 2. The van der Waals surface area contributed by atoms with Crippen molar-refractivity contribution < 1.29 is 18.3 Å². The number of hydrazone groups is 1. The summed E-state index contributed by atoms with van der Waals surface area (Å²) >= 11 is 0. The first-order valence-corrected chi connectivity index (χ1v) is 6.29. The van der Waals surface area contributed by atoms with Gasteiger partial charge in [0, 0.05) is 18.2 Å². The molecule has 0 aromatic heterocycles. The number of halogens is 2. The second-order valence-electron chi connectivity index (χ2n) is 4.37. The van der Waals surface area contributed by atoms with Crippen molar-refractivity contribution in [3.05, 3.63) is 65.2 Å². The van der Waals surface area contributed by atoms with Crippen LogP contribution in [0.3, 0.4) is 0 Å². The fraction of sp³-hybridized carbons (Fsp3) is 0.0667. The Balaban J connectivity index is 2.01. The van der Waals surface area contributed by atoms with Gasteiger partial charge in [0.25, 0.3) is 0 Å². The molecule has 5 nitrogen and oxygen atoms in total. The van der Waals surface area contributed by atoms with E-state index in [0.717, 1.165) is 23.8 Å². The molecule has 2 amide bonds. The number of carbonyl (C=O) groups excluding carboxylic acids is 1. The van der Waals surface area contributed by atoms with Gasteiger partial charge in [-0.05, 0) is 17.2 Å². The van der Waals surface area contributed by atoms with Gasteiger partial charge >= 0.3 is 6.03 Å². The Kier molecular flexibility index (Phi) is 5.02. The first kappa shape index (κ1) is 15.4. The predicted octanol–water partition coefficient (Wildman–Crippen LogP) is 2.55. The molecule has 2 aromatic rings. The minimum absolute atomic E-state index is 0.104. The highest BCUT2D eigenvalue weighted by Crippen LogP contribution is 2.17. The lowest BCUT2D eigenvalue weighted by atomic mass is 10.1. The predicted molar refractivity (Wildman–Crippen MR) is 77.4 cm³/mol. The van der Waals surface area contributed by atoms with Gasteiger partial charge in [-0.1, -0.05) is 18.2 Å². The zero-order valence-corrected chi connectivity index (χ0v) is 11.4. The summed E-state index contributed by atoms with van der Waals surface area (Å²) < 4.78 is 31.4. The normalized spacial score (nSPS) is 10.6. The van der Waals surface area contributed by atoms with E-state index in [-0.39, 0.29) is 12.4 Å². The molecule has 0 aliphatic carbocycles. The second-order valence-corrected chi connectivity index (χ2v) is 4.37. The van der Waals surface area contributed by atoms with Gasteiger partial charge in [-0.2, -0.15) is 5.10 Å². The number of benzene rings is 2. The molecule has 0 fully saturated rings. The van der Waals surface area contributed by atoms with Crippen LogP contribution in [-0.4, -0.2) is 12.2 Å². The molecule has 0 saturated heterocycles. The molecule has 22 heavy (non-hydrogen) atoms. The third-order valence-electron chi connectivity index (χ3n) is 2.58. The number of nitrogens with two attached hydrogens (primary N) is 1. The molecule has 3 N–H and O–H groups in total. The number of urea groups is 1. The van der Waals surface area contributed by atoms with Gasteiger partial charge in [0.1, 0.15) is 24.0 Å². The number of nitrogens with one attached hydrogen (secondary N) is 1. The number of hydrogen-bond acceptors (Lipinski definition) is 3. The van der Waals surface area contributed by atoms with E-state index in [1.54, 1.807) is 24.3 Å². The molecule has 0 aliphatic heterocycles. The molecule has 0 radical (unpaired) electrons. The van der Waals surface area contributed by atoms with Crippen LogP contribution in [0.1, 0.15) is 11.1 Å². The first-order valence-electron chi connectivity index (χ1n) is 6.29. The van der Waals surface area contributed by atoms with E-state index < -0.39 is 17.7 Å². The molecule has 0 unspecified atom stereocenters. The van der Waals surface area contributed by atoms with E-state index in [0.29, 0.717) is 5.56 Å². The SMILES string of the molecule is NC(=O)NN=Cc1cccc(COc2cc(F)cc(F)c2)c1.